The third-order valence-corrected chi connectivity index (χ3v) is 5.90. The summed E-state index contributed by atoms with van der Waals surface area (Å²) in [7, 11) is 0. The number of nitrogens with zero attached hydrogens (tertiary/aromatic N) is 3. The molecule has 0 fully saturated rings. The third-order valence-electron chi connectivity index (χ3n) is 5.90. The Balaban J connectivity index is 1.36. The Bertz CT molecular complexity index is 1100. The Morgan fingerprint density at radius 3 is 2.20 bits per heavy atom. The van der Waals surface area contributed by atoms with Crippen molar-refractivity contribution in [3.8, 4) is 0 Å². The Kier molecular flexibility index (Phi) is 4.47. The first kappa shape index (κ1) is 18.4. The molecule has 1 aromatic heterocycles. The molecule has 6 heteroatoms. The Morgan fingerprint density at radius 1 is 0.833 bits per heavy atom. The summed E-state index contributed by atoms with van der Waals surface area (Å²) in [6.45, 7) is 1.40. The van der Waals surface area contributed by atoms with Gasteiger partial charge in [-0.2, -0.15) is 0 Å². The van der Waals surface area contributed by atoms with Crippen molar-refractivity contribution in [2.75, 3.05) is 13.1 Å². The lowest BCUT2D eigenvalue weighted by Crippen LogP contribution is -2.44. The summed E-state index contributed by atoms with van der Waals surface area (Å²) in [5.74, 6) is -0.709. The van der Waals surface area contributed by atoms with E-state index in [4.69, 9.17) is 0 Å². The molecule has 150 valence electrons. The third kappa shape index (κ3) is 2.92. The van der Waals surface area contributed by atoms with Crippen LogP contribution in [-0.4, -0.2) is 45.2 Å². The van der Waals surface area contributed by atoms with E-state index in [0.717, 1.165) is 17.8 Å². The molecular weight excluding hydrogens is 378 g/mol. The van der Waals surface area contributed by atoms with Crippen LogP contribution in [0.1, 0.15) is 44.4 Å². The zero-order valence-electron chi connectivity index (χ0n) is 16.4. The molecule has 2 aliphatic rings. The van der Waals surface area contributed by atoms with Crippen molar-refractivity contribution in [3.05, 3.63) is 95.3 Å². The fourth-order valence-electron chi connectivity index (χ4n) is 4.43. The van der Waals surface area contributed by atoms with Gasteiger partial charge in [-0.1, -0.05) is 42.5 Å². The highest BCUT2D eigenvalue weighted by Gasteiger charge is 2.37. The van der Waals surface area contributed by atoms with E-state index >= 15 is 0 Å². The van der Waals surface area contributed by atoms with Gasteiger partial charge in [0.15, 0.2) is 0 Å². The first-order valence-corrected chi connectivity index (χ1v) is 10.1. The zero-order valence-corrected chi connectivity index (χ0v) is 16.4. The smallest absolute Gasteiger partial charge is 0.261 e. The molecule has 2 aromatic carbocycles. The van der Waals surface area contributed by atoms with Gasteiger partial charge in [0.1, 0.15) is 0 Å². The predicted molar refractivity (Wildman–Crippen MR) is 111 cm³/mol. The Labute approximate surface area is 174 Å². The second-order valence-electron chi connectivity index (χ2n) is 7.58. The molecule has 0 aliphatic carbocycles. The SMILES string of the molecule is O=C1c2ccccc2C(=O)N1CCC(=O)N1CCn2cccc2C1c1ccccc1. The van der Waals surface area contributed by atoms with Crippen molar-refractivity contribution < 1.29 is 14.4 Å². The molecule has 3 aromatic rings. The van der Waals surface area contributed by atoms with Crippen molar-refractivity contribution in [1.29, 1.82) is 0 Å². The van der Waals surface area contributed by atoms with E-state index in [0.29, 0.717) is 17.7 Å². The lowest BCUT2D eigenvalue weighted by atomic mass is 9.99. The highest BCUT2D eigenvalue weighted by molar-refractivity contribution is 6.21. The zero-order chi connectivity index (χ0) is 20.7. The van der Waals surface area contributed by atoms with Gasteiger partial charge in [-0.15, -0.1) is 0 Å². The van der Waals surface area contributed by atoms with E-state index in [1.54, 1.807) is 24.3 Å². The number of carbonyl (C=O) groups is 3. The number of hydrogen-bond donors (Lipinski definition) is 0. The van der Waals surface area contributed by atoms with E-state index in [-0.39, 0.29) is 36.7 Å². The molecule has 1 atom stereocenters. The summed E-state index contributed by atoms with van der Waals surface area (Å²) < 4.78 is 2.17. The number of hydrogen-bond acceptors (Lipinski definition) is 3. The van der Waals surface area contributed by atoms with Crippen molar-refractivity contribution in [3.63, 3.8) is 0 Å². The second-order valence-corrected chi connectivity index (χ2v) is 7.58. The van der Waals surface area contributed by atoms with Gasteiger partial charge >= 0.3 is 0 Å². The molecule has 0 N–H and O–H groups in total. The topological polar surface area (TPSA) is 62.6 Å². The lowest BCUT2D eigenvalue weighted by Gasteiger charge is -2.37. The van der Waals surface area contributed by atoms with Crippen LogP contribution in [0, 0.1) is 0 Å². The molecule has 0 bridgehead atoms. The van der Waals surface area contributed by atoms with E-state index in [2.05, 4.69) is 4.57 Å². The van der Waals surface area contributed by atoms with Crippen molar-refractivity contribution in [1.82, 2.24) is 14.4 Å². The molecule has 2 aliphatic heterocycles. The molecule has 5 rings (SSSR count). The quantitative estimate of drug-likeness (QED) is 0.634. The van der Waals surface area contributed by atoms with E-state index in [1.807, 2.05) is 53.6 Å². The van der Waals surface area contributed by atoms with Gasteiger partial charge in [-0.05, 0) is 29.8 Å². The minimum atomic E-state index is -0.324. The maximum absolute atomic E-state index is 13.2. The predicted octanol–water partition coefficient (Wildman–Crippen LogP) is 3.11. The normalized spacial score (nSPS) is 17.8. The first-order valence-electron chi connectivity index (χ1n) is 10.1. The standard InChI is InChI=1S/C24H21N3O3/c28-21(12-14-27-23(29)18-9-4-5-10-19(18)24(27)30)26-16-15-25-13-6-11-20(25)22(26)17-7-2-1-3-8-17/h1-11,13,22H,12,14-16H2. The van der Waals surface area contributed by atoms with Gasteiger partial charge in [-0.25, -0.2) is 0 Å². The van der Waals surface area contributed by atoms with Gasteiger partial charge in [-0.3, -0.25) is 19.3 Å². The molecule has 0 radical (unpaired) electrons. The van der Waals surface area contributed by atoms with E-state index < -0.39 is 0 Å². The van der Waals surface area contributed by atoms with Crippen molar-refractivity contribution >= 4 is 17.7 Å². The number of benzene rings is 2. The number of rotatable bonds is 4. The van der Waals surface area contributed by atoms with Gasteiger partial charge in [0.05, 0.1) is 17.2 Å². The molecule has 1 unspecified atom stereocenters. The number of fused-ring (bicyclic) bond motifs is 2. The number of aromatic nitrogens is 1. The minimum Gasteiger partial charge on any atom is -0.348 e. The number of carbonyl (C=O) groups excluding carboxylic acids is 3. The molecule has 0 saturated heterocycles. The van der Waals surface area contributed by atoms with Gasteiger partial charge in [0, 0.05) is 37.9 Å². The molecule has 0 spiro atoms. The summed E-state index contributed by atoms with van der Waals surface area (Å²) >= 11 is 0. The summed E-state index contributed by atoms with van der Waals surface area (Å²) in [6, 6.07) is 20.6. The number of imide groups is 1. The van der Waals surface area contributed by atoms with Gasteiger partial charge in [0.25, 0.3) is 11.8 Å². The second kappa shape index (κ2) is 7.30. The average Bonchev–Trinajstić information content (AvgIpc) is 3.35. The summed E-state index contributed by atoms with van der Waals surface area (Å²) in [5.41, 5.74) is 2.94. The monoisotopic (exact) mass is 399 g/mol. The largest absolute Gasteiger partial charge is 0.348 e. The van der Waals surface area contributed by atoms with Crippen LogP contribution in [0.2, 0.25) is 0 Å². The highest BCUT2D eigenvalue weighted by Crippen LogP contribution is 2.33. The molecule has 30 heavy (non-hydrogen) atoms. The molecule has 3 amide bonds. The Hall–Kier alpha value is -3.67. The van der Waals surface area contributed by atoms with Crippen LogP contribution in [0.4, 0.5) is 0 Å². The first-order chi connectivity index (χ1) is 14.6. The summed E-state index contributed by atoms with van der Waals surface area (Å²) in [5, 5.41) is 0. The lowest BCUT2D eigenvalue weighted by molar-refractivity contribution is -0.134. The van der Waals surface area contributed by atoms with Gasteiger partial charge in [0.2, 0.25) is 5.91 Å². The van der Waals surface area contributed by atoms with Crippen molar-refractivity contribution in [2.45, 2.75) is 19.0 Å². The van der Waals surface area contributed by atoms with Crippen LogP contribution in [-0.2, 0) is 11.3 Å². The van der Waals surface area contributed by atoms with Crippen LogP contribution in [0.25, 0.3) is 0 Å². The van der Waals surface area contributed by atoms with Gasteiger partial charge < -0.3 is 9.47 Å². The fourth-order valence-corrected chi connectivity index (χ4v) is 4.43. The summed E-state index contributed by atoms with van der Waals surface area (Å²) in [6.07, 6.45) is 2.14. The number of amides is 3. The van der Waals surface area contributed by atoms with Crippen molar-refractivity contribution in [2.24, 2.45) is 0 Å². The van der Waals surface area contributed by atoms with Crippen LogP contribution in [0.3, 0.4) is 0 Å². The minimum absolute atomic E-state index is 0.0622. The Morgan fingerprint density at radius 2 is 1.50 bits per heavy atom. The maximum Gasteiger partial charge on any atom is 0.261 e. The van der Waals surface area contributed by atoms with Crippen LogP contribution in [0.5, 0.6) is 0 Å². The van der Waals surface area contributed by atoms with E-state index in [1.165, 1.54) is 4.90 Å². The maximum atomic E-state index is 13.2. The van der Waals surface area contributed by atoms with E-state index in [9.17, 15) is 14.4 Å². The fraction of sp³-hybridized carbons (Fsp3) is 0.208. The summed E-state index contributed by atoms with van der Waals surface area (Å²) in [4.78, 5) is 41.5. The molecule has 0 saturated carbocycles. The van der Waals surface area contributed by atoms with Crippen LogP contribution >= 0.6 is 0 Å². The molecular formula is C24H21N3O3. The highest BCUT2D eigenvalue weighted by atomic mass is 16.2. The molecule has 6 nitrogen and oxygen atoms in total. The molecule has 3 heterocycles. The van der Waals surface area contributed by atoms with Crippen LogP contribution < -0.4 is 0 Å². The average molecular weight is 399 g/mol. The van der Waals surface area contributed by atoms with Crippen LogP contribution in [0.15, 0.2) is 72.9 Å².